The maximum Gasteiger partial charge on any atom is 0.0110 e. The van der Waals surface area contributed by atoms with Gasteiger partial charge in [0.15, 0.2) is 0 Å². The zero-order valence-electron chi connectivity index (χ0n) is 10.5. The molecule has 0 aliphatic carbocycles. The van der Waals surface area contributed by atoms with Crippen LogP contribution >= 0.6 is 0 Å². The summed E-state index contributed by atoms with van der Waals surface area (Å²) >= 11 is 0. The Bertz CT molecular complexity index is 184. The fourth-order valence-corrected chi connectivity index (χ4v) is 2.74. The van der Waals surface area contributed by atoms with E-state index in [-0.39, 0.29) is 0 Å². The highest BCUT2D eigenvalue weighted by atomic mass is 15.2. The van der Waals surface area contributed by atoms with E-state index in [0.29, 0.717) is 6.04 Å². The summed E-state index contributed by atoms with van der Waals surface area (Å²) in [6.45, 7) is 12.8. The fraction of sp³-hybridized carbons (Fsp3) is 0.923. The van der Waals surface area contributed by atoms with Gasteiger partial charge in [-0.1, -0.05) is 6.42 Å². The summed E-state index contributed by atoms with van der Waals surface area (Å²) in [5, 5.41) is 3.40. The Kier molecular flexibility index (Phi) is 5.07. The first-order valence-electron chi connectivity index (χ1n) is 6.86. The Morgan fingerprint density at radius 3 is 2.38 bits per heavy atom. The molecule has 0 aromatic carbocycles. The lowest BCUT2D eigenvalue weighted by Crippen LogP contribution is -2.48. The molecule has 1 N–H and O–H groups in total. The lowest BCUT2D eigenvalue weighted by atomic mass is 10.1. The normalized spacial score (nSPS) is 26.8. The number of rotatable bonds is 4. The van der Waals surface area contributed by atoms with Crippen LogP contribution in [0.1, 0.15) is 25.7 Å². The van der Waals surface area contributed by atoms with E-state index in [0.717, 1.165) is 13.1 Å². The van der Waals surface area contributed by atoms with Crippen LogP contribution in [-0.4, -0.2) is 61.7 Å². The van der Waals surface area contributed by atoms with Crippen molar-refractivity contribution in [1.82, 2.24) is 15.1 Å². The summed E-state index contributed by atoms with van der Waals surface area (Å²) in [5.74, 6) is 0. The van der Waals surface area contributed by atoms with Crippen LogP contribution in [0.2, 0.25) is 0 Å². The molecule has 0 saturated carbocycles. The van der Waals surface area contributed by atoms with Crippen molar-refractivity contribution < 1.29 is 0 Å². The number of nitrogens with zero attached hydrogens (tertiary/aromatic N) is 2. The van der Waals surface area contributed by atoms with E-state index in [9.17, 15) is 0 Å². The molecular formula is C13H26N3. The number of piperazine rings is 1. The molecule has 3 heteroatoms. The maximum absolute atomic E-state index is 4.32. The molecule has 2 saturated heterocycles. The summed E-state index contributed by atoms with van der Waals surface area (Å²) in [5.41, 5.74) is 0. The van der Waals surface area contributed by atoms with Crippen molar-refractivity contribution >= 4 is 0 Å². The van der Waals surface area contributed by atoms with Gasteiger partial charge >= 0.3 is 0 Å². The van der Waals surface area contributed by atoms with Crippen LogP contribution in [0, 0.1) is 6.92 Å². The van der Waals surface area contributed by atoms with Crippen LogP contribution in [0.25, 0.3) is 0 Å². The zero-order chi connectivity index (χ0) is 11.2. The minimum Gasteiger partial charge on any atom is -0.314 e. The van der Waals surface area contributed by atoms with Gasteiger partial charge in [-0.25, -0.2) is 0 Å². The summed E-state index contributed by atoms with van der Waals surface area (Å²) in [4.78, 5) is 5.14. The van der Waals surface area contributed by atoms with Crippen LogP contribution in [0.4, 0.5) is 0 Å². The Hall–Kier alpha value is -0.120. The number of piperidine rings is 1. The molecule has 93 valence electrons. The van der Waals surface area contributed by atoms with Gasteiger partial charge in [0.1, 0.15) is 0 Å². The molecule has 3 nitrogen and oxygen atoms in total. The molecule has 2 rings (SSSR count). The largest absolute Gasteiger partial charge is 0.314 e. The van der Waals surface area contributed by atoms with Crippen molar-refractivity contribution in [3.8, 4) is 0 Å². The van der Waals surface area contributed by atoms with Crippen LogP contribution in [-0.2, 0) is 0 Å². The molecule has 0 amide bonds. The summed E-state index contributed by atoms with van der Waals surface area (Å²) < 4.78 is 0. The lowest BCUT2D eigenvalue weighted by Gasteiger charge is -2.34. The van der Waals surface area contributed by atoms with E-state index in [1.807, 2.05) is 0 Å². The standard InChI is InChI=1S/C13H26N3/c1-13(16-11-6-14-7-12-16)5-10-15-8-3-2-4-9-15/h13-14H,1-12H2. The van der Waals surface area contributed by atoms with Gasteiger partial charge in [0, 0.05) is 32.2 Å². The molecule has 2 heterocycles. The minimum atomic E-state index is 0.518. The molecule has 2 aliphatic heterocycles. The third-order valence-corrected chi connectivity index (χ3v) is 3.90. The minimum absolute atomic E-state index is 0.518. The number of hydrogen-bond acceptors (Lipinski definition) is 3. The van der Waals surface area contributed by atoms with E-state index in [4.69, 9.17) is 0 Å². The quantitative estimate of drug-likeness (QED) is 0.768. The first-order chi connectivity index (χ1) is 7.86. The Balaban J connectivity index is 1.63. The molecule has 0 aromatic heterocycles. The highest BCUT2D eigenvalue weighted by Gasteiger charge is 2.17. The van der Waals surface area contributed by atoms with Gasteiger partial charge in [-0.15, -0.1) is 0 Å². The van der Waals surface area contributed by atoms with Gasteiger partial charge < -0.3 is 10.2 Å². The molecule has 2 fully saturated rings. The zero-order valence-corrected chi connectivity index (χ0v) is 10.5. The summed E-state index contributed by atoms with van der Waals surface area (Å²) in [6.07, 6.45) is 5.47. The van der Waals surface area contributed by atoms with E-state index in [1.54, 1.807) is 0 Å². The van der Waals surface area contributed by atoms with Gasteiger partial charge in [-0.3, -0.25) is 4.90 Å². The van der Waals surface area contributed by atoms with Crippen molar-refractivity contribution in [1.29, 1.82) is 0 Å². The smallest absolute Gasteiger partial charge is 0.0110 e. The summed E-state index contributed by atoms with van der Waals surface area (Å²) in [7, 11) is 0. The van der Waals surface area contributed by atoms with E-state index < -0.39 is 0 Å². The molecule has 2 aliphatic rings. The van der Waals surface area contributed by atoms with E-state index >= 15 is 0 Å². The van der Waals surface area contributed by atoms with E-state index in [2.05, 4.69) is 22.0 Å². The second-order valence-corrected chi connectivity index (χ2v) is 5.13. The Morgan fingerprint density at radius 2 is 1.69 bits per heavy atom. The van der Waals surface area contributed by atoms with Crippen molar-refractivity contribution in [3.63, 3.8) is 0 Å². The Labute approximate surface area is 100 Å². The van der Waals surface area contributed by atoms with Crippen molar-refractivity contribution in [2.24, 2.45) is 0 Å². The lowest BCUT2D eigenvalue weighted by molar-refractivity contribution is 0.162. The number of likely N-dealkylation sites (tertiary alicyclic amines) is 1. The molecular weight excluding hydrogens is 198 g/mol. The first-order valence-corrected chi connectivity index (χ1v) is 6.86. The highest BCUT2D eigenvalue weighted by molar-refractivity contribution is 4.79. The second kappa shape index (κ2) is 6.58. The molecule has 1 radical (unpaired) electrons. The van der Waals surface area contributed by atoms with Gasteiger partial charge in [0.05, 0.1) is 0 Å². The van der Waals surface area contributed by atoms with Crippen LogP contribution in [0.15, 0.2) is 0 Å². The number of nitrogens with one attached hydrogen (secondary N) is 1. The molecule has 16 heavy (non-hydrogen) atoms. The predicted octanol–water partition coefficient (Wildman–Crippen LogP) is 0.970. The van der Waals surface area contributed by atoms with Crippen molar-refractivity contribution in [2.45, 2.75) is 31.7 Å². The third kappa shape index (κ3) is 3.72. The maximum atomic E-state index is 4.32. The monoisotopic (exact) mass is 224 g/mol. The average Bonchev–Trinajstić information content (AvgIpc) is 2.38. The van der Waals surface area contributed by atoms with E-state index in [1.165, 1.54) is 58.4 Å². The van der Waals surface area contributed by atoms with Crippen molar-refractivity contribution in [3.05, 3.63) is 6.92 Å². The molecule has 1 unspecified atom stereocenters. The van der Waals surface area contributed by atoms with Crippen LogP contribution < -0.4 is 5.32 Å². The molecule has 1 atom stereocenters. The third-order valence-electron chi connectivity index (χ3n) is 3.90. The fourth-order valence-electron chi connectivity index (χ4n) is 2.74. The Morgan fingerprint density at radius 1 is 1.00 bits per heavy atom. The number of hydrogen-bond donors (Lipinski definition) is 1. The van der Waals surface area contributed by atoms with Crippen molar-refractivity contribution in [2.75, 3.05) is 45.8 Å². The van der Waals surface area contributed by atoms with Gasteiger partial charge in [0.2, 0.25) is 0 Å². The molecule has 0 aromatic rings. The average molecular weight is 224 g/mol. The predicted molar refractivity (Wildman–Crippen MR) is 68.5 cm³/mol. The van der Waals surface area contributed by atoms with Gasteiger partial charge in [-0.2, -0.15) is 0 Å². The SMILES string of the molecule is [CH2]C(CCN1CCCCC1)N1CCNCC1. The first kappa shape index (κ1) is 12.3. The van der Waals surface area contributed by atoms with Crippen LogP contribution in [0.5, 0.6) is 0 Å². The van der Waals surface area contributed by atoms with Gasteiger partial charge in [-0.05, 0) is 45.8 Å². The molecule has 0 bridgehead atoms. The highest BCUT2D eigenvalue weighted by Crippen LogP contribution is 2.11. The van der Waals surface area contributed by atoms with Gasteiger partial charge in [0.25, 0.3) is 0 Å². The van der Waals surface area contributed by atoms with Crippen LogP contribution in [0.3, 0.4) is 0 Å². The summed E-state index contributed by atoms with van der Waals surface area (Å²) in [6, 6.07) is 0.518. The molecule has 0 spiro atoms. The topological polar surface area (TPSA) is 18.5 Å². The second-order valence-electron chi connectivity index (χ2n) is 5.13.